The maximum absolute atomic E-state index is 5.94. The van der Waals surface area contributed by atoms with Crippen LogP contribution in [-0.2, 0) is 0 Å². The highest BCUT2D eigenvalue weighted by Gasteiger charge is 2.16. The van der Waals surface area contributed by atoms with Gasteiger partial charge >= 0.3 is 0 Å². The first-order chi connectivity index (χ1) is 9.16. The molecule has 96 valence electrons. The molecule has 7 heteroatoms. The van der Waals surface area contributed by atoms with Gasteiger partial charge in [-0.1, -0.05) is 28.9 Å². The molecule has 0 amide bonds. The van der Waals surface area contributed by atoms with Gasteiger partial charge in [-0.3, -0.25) is 5.10 Å². The van der Waals surface area contributed by atoms with Crippen LogP contribution in [-0.4, -0.2) is 20.3 Å². The Labute approximate surface area is 113 Å². The minimum atomic E-state index is 0.291. The highest BCUT2D eigenvalue weighted by atomic mass is 35.5. The smallest absolute Gasteiger partial charge is 0.277 e. The highest BCUT2D eigenvalue weighted by Crippen LogP contribution is 2.28. The summed E-state index contributed by atoms with van der Waals surface area (Å²) in [5.41, 5.74) is 8.78. The van der Waals surface area contributed by atoms with Gasteiger partial charge in [-0.05, 0) is 18.6 Å². The van der Waals surface area contributed by atoms with E-state index in [1.54, 1.807) is 0 Å². The molecule has 0 spiro atoms. The van der Waals surface area contributed by atoms with E-state index in [0.717, 1.165) is 11.1 Å². The molecule has 2 aromatic heterocycles. The van der Waals surface area contributed by atoms with Crippen molar-refractivity contribution < 1.29 is 4.52 Å². The molecule has 0 unspecified atom stereocenters. The number of nitrogens with zero attached hydrogens (tertiary/aromatic N) is 3. The first-order valence-electron chi connectivity index (χ1n) is 5.55. The lowest BCUT2D eigenvalue weighted by atomic mass is 10.1. The summed E-state index contributed by atoms with van der Waals surface area (Å²) >= 11 is 5.94. The van der Waals surface area contributed by atoms with Crippen LogP contribution in [0, 0.1) is 6.92 Å². The summed E-state index contributed by atoms with van der Waals surface area (Å²) in [6, 6.07) is 5.55. The molecular weight excluding hydrogens is 266 g/mol. The largest absolute Gasteiger partial charge is 0.398 e. The van der Waals surface area contributed by atoms with Crippen LogP contribution in [0.2, 0.25) is 5.02 Å². The number of benzene rings is 1. The number of nitrogen functional groups attached to an aromatic ring is 1. The monoisotopic (exact) mass is 275 g/mol. The zero-order chi connectivity index (χ0) is 13.4. The summed E-state index contributed by atoms with van der Waals surface area (Å²) < 4.78 is 5.18. The number of nitrogens with one attached hydrogen (secondary N) is 1. The Balaban J connectivity index is 2.07. The average molecular weight is 276 g/mol. The molecule has 0 aliphatic rings. The second-order valence-corrected chi connectivity index (χ2v) is 4.44. The molecule has 0 aliphatic heterocycles. The summed E-state index contributed by atoms with van der Waals surface area (Å²) in [7, 11) is 0. The van der Waals surface area contributed by atoms with Crippen molar-refractivity contribution in [3.05, 3.63) is 35.0 Å². The Hall–Kier alpha value is -2.34. The minimum absolute atomic E-state index is 0.291. The van der Waals surface area contributed by atoms with Gasteiger partial charge in [-0.15, -0.1) is 0 Å². The summed E-state index contributed by atoms with van der Waals surface area (Å²) in [5, 5.41) is 10.9. The van der Waals surface area contributed by atoms with E-state index in [2.05, 4.69) is 20.3 Å². The van der Waals surface area contributed by atoms with Crippen molar-refractivity contribution in [2.75, 3.05) is 5.73 Å². The standard InChI is InChI=1S/C12H10ClN5O/c1-6-7(3-2-4-9(6)14)11-16-12(19-18-11)10-8(13)5-15-17-10/h2-5H,14H2,1H3,(H,15,17). The van der Waals surface area contributed by atoms with E-state index in [-0.39, 0.29) is 0 Å². The molecule has 0 fully saturated rings. The summed E-state index contributed by atoms with van der Waals surface area (Å²) in [5.74, 6) is 0.754. The topological polar surface area (TPSA) is 93.6 Å². The van der Waals surface area contributed by atoms with Crippen LogP contribution in [0.4, 0.5) is 5.69 Å². The summed E-state index contributed by atoms with van der Waals surface area (Å²) in [4.78, 5) is 4.30. The third-order valence-electron chi connectivity index (χ3n) is 2.85. The zero-order valence-electron chi connectivity index (χ0n) is 10.0. The van der Waals surface area contributed by atoms with Crippen molar-refractivity contribution in [3.8, 4) is 23.0 Å². The Morgan fingerprint density at radius 2 is 2.21 bits per heavy atom. The lowest BCUT2D eigenvalue weighted by Gasteiger charge is -2.03. The molecular formula is C12H10ClN5O. The van der Waals surface area contributed by atoms with E-state index in [0.29, 0.717) is 28.1 Å². The van der Waals surface area contributed by atoms with E-state index in [9.17, 15) is 0 Å². The number of hydrogen-bond donors (Lipinski definition) is 2. The van der Waals surface area contributed by atoms with Crippen molar-refractivity contribution in [2.24, 2.45) is 0 Å². The van der Waals surface area contributed by atoms with Gasteiger partial charge in [0.15, 0.2) is 0 Å². The van der Waals surface area contributed by atoms with Crippen molar-refractivity contribution in [3.63, 3.8) is 0 Å². The number of hydrogen-bond acceptors (Lipinski definition) is 5. The van der Waals surface area contributed by atoms with Crippen LogP contribution in [0.25, 0.3) is 23.0 Å². The molecule has 1 aromatic carbocycles. The number of rotatable bonds is 2. The average Bonchev–Trinajstić information content (AvgIpc) is 3.01. The van der Waals surface area contributed by atoms with Crippen LogP contribution in [0.1, 0.15) is 5.56 Å². The number of H-pyrrole nitrogens is 1. The first-order valence-corrected chi connectivity index (χ1v) is 5.93. The van der Waals surface area contributed by atoms with Crippen LogP contribution >= 0.6 is 11.6 Å². The summed E-state index contributed by atoms with van der Waals surface area (Å²) in [6.45, 7) is 1.91. The van der Waals surface area contributed by atoms with Crippen molar-refractivity contribution in [2.45, 2.75) is 6.92 Å². The zero-order valence-corrected chi connectivity index (χ0v) is 10.8. The molecule has 0 radical (unpaired) electrons. The normalized spacial score (nSPS) is 10.8. The lowest BCUT2D eigenvalue weighted by molar-refractivity contribution is 0.431. The van der Waals surface area contributed by atoms with Gasteiger partial charge in [0.05, 0.1) is 11.2 Å². The van der Waals surface area contributed by atoms with Crippen molar-refractivity contribution in [1.29, 1.82) is 0 Å². The number of halogens is 1. The van der Waals surface area contributed by atoms with Crippen molar-refractivity contribution in [1.82, 2.24) is 20.3 Å². The predicted molar refractivity (Wildman–Crippen MR) is 71.5 cm³/mol. The molecule has 2 heterocycles. The molecule has 0 saturated heterocycles. The number of aromatic nitrogens is 4. The second kappa shape index (κ2) is 4.40. The molecule has 3 rings (SSSR count). The second-order valence-electron chi connectivity index (χ2n) is 4.04. The van der Waals surface area contributed by atoms with Gasteiger partial charge < -0.3 is 10.3 Å². The summed E-state index contributed by atoms with van der Waals surface area (Å²) in [6.07, 6.45) is 1.48. The van der Waals surface area contributed by atoms with Gasteiger partial charge in [-0.25, -0.2) is 0 Å². The fraction of sp³-hybridized carbons (Fsp3) is 0.0833. The Kier molecular flexibility index (Phi) is 2.72. The number of nitrogens with two attached hydrogens (primary N) is 1. The van der Waals surface area contributed by atoms with E-state index in [1.807, 2.05) is 25.1 Å². The quantitative estimate of drug-likeness (QED) is 0.701. The Morgan fingerprint density at radius 3 is 2.95 bits per heavy atom. The van der Waals surface area contributed by atoms with Gasteiger partial charge in [0.2, 0.25) is 5.82 Å². The number of anilines is 1. The van der Waals surface area contributed by atoms with Gasteiger partial charge in [0.25, 0.3) is 5.89 Å². The fourth-order valence-corrected chi connectivity index (χ4v) is 1.92. The third-order valence-corrected chi connectivity index (χ3v) is 3.14. The predicted octanol–water partition coefficient (Wildman–Crippen LogP) is 2.67. The van der Waals surface area contributed by atoms with E-state index in [4.69, 9.17) is 21.9 Å². The van der Waals surface area contributed by atoms with Gasteiger partial charge in [0, 0.05) is 11.3 Å². The minimum Gasteiger partial charge on any atom is -0.398 e. The van der Waals surface area contributed by atoms with Gasteiger partial charge in [0.1, 0.15) is 5.69 Å². The van der Waals surface area contributed by atoms with Crippen LogP contribution < -0.4 is 5.73 Å². The molecule has 3 N–H and O–H groups in total. The third kappa shape index (κ3) is 1.96. The van der Waals surface area contributed by atoms with E-state index < -0.39 is 0 Å². The Bertz CT molecular complexity index is 733. The number of aromatic amines is 1. The highest BCUT2D eigenvalue weighted by molar-refractivity contribution is 6.32. The fourth-order valence-electron chi connectivity index (χ4n) is 1.75. The molecule has 3 aromatic rings. The SMILES string of the molecule is Cc1c(N)cccc1-c1noc(-c2[nH]ncc2Cl)n1. The first kappa shape index (κ1) is 11.7. The van der Waals surface area contributed by atoms with E-state index in [1.165, 1.54) is 6.20 Å². The molecule has 6 nitrogen and oxygen atoms in total. The molecule has 0 atom stereocenters. The van der Waals surface area contributed by atoms with Crippen LogP contribution in [0.3, 0.4) is 0 Å². The molecule has 0 aliphatic carbocycles. The molecule has 19 heavy (non-hydrogen) atoms. The lowest BCUT2D eigenvalue weighted by Crippen LogP contribution is -1.93. The van der Waals surface area contributed by atoms with E-state index >= 15 is 0 Å². The molecule has 0 bridgehead atoms. The van der Waals surface area contributed by atoms with Crippen LogP contribution in [0.5, 0.6) is 0 Å². The maximum Gasteiger partial charge on any atom is 0.277 e. The Morgan fingerprint density at radius 1 is 1.37 bits per heavy atom. The maximum atomic E-state index is 5.94. The van der Waals surface area contributed by atoms with Crippen molar-refractivity contribution >= 4 is 17.3 Å². The van der Waals surface area contributed by atoms with Crippen LogP contribution in [0.15, 0.2) is 28.9 Å². The molecule has 0 saturated carbocycles. The van der Waals surface area contributed by atoms with Gasteiger partial charge in [-0.2, -0.15) is 10.1 Å².